The predicted octanol–water partition coefficient (Wildman–Crippen LogP) is 4.27. The average Bonchev–Trinajstić information content (AvgIpc) is 3.13. The van der Waals surface area contributed by atoms with Gasteiger partial charge in [0, 0.05) is 17.8 Å². The smallest absolute Gasteiger partial charge is 0.347 e. The van der Waals surface area contributed by atoms with Gasteiger partial charge in [0.15, 0.2) is 6.10 Å². The number of carbonyl (C=O) groups excluding carboxylic acids is 1. The predicted molar refractivity (Wildman–Crippen MR) is 108 cm³/mol. The Kier molecular flexibility index (Phi) is 6.11. The molecule has 8 nitrogen and oxygen atoms in total. The molecule has 0 N–H and O–H groups in total. The van der Waals surface area contributed by atoms with Crippen molar-refractivity contribution in [2.45, 2.75) is 33.3 Å². The second kappa shape index (κ2) is 8.72. The summed E-state index contributed by atoms with van der Waals surface area (Å²) in [6.45, 7) is 6.19. The van der Waals surface area contributed by atoms with Crippen LogP contribution in [-0.4, -0.2) is 33.0 Å². The number of aromatic nitrogens is 2. The van der Waals surface area contributed by atoms with E-state index in [1.165, 1.54) is 12.3 Å². The van der Waals surface area contributed by atoms with E-state index in [4.69, 9.17) is 9.47 Å². The van der Waals surface area contributed by atoms with Crippen molar-refractivity contribution >= 4 is 17.3 Å². The van der Waals surface area contributed by atoms with Gasteiger partial charge >= 0.3 is 5.97 Å². The molecule has 0 amide bonds. The molecule has 3 aromatic rings. The molecule has 29 heavy (non-hydrogen) atoms. The summed E-state index contributed by atoms with van der Waals surface area (Å²) >= 11 is 0. The molecular weight excluding hydrogens is 374 g/mol. The van der Waals surface area contributed by atoms with Crippen LogP contribution in [0.3, 0.4) is 0 Å². The molecular formula is C21H23N3O5. The summed E-state index contributed by atoms with van der Waals surface area (Å²) in [6.07, 6.45) is 3.01. The molecule has 0 bridgehead atoms. The lowest BCUT2D eigenvalue weighted by atomic mass is 10.1. The molecule has 0 spiro atoms. The van der Waals surface area contributed by atoms with Crippen LogP contribution in [0.5, 0.6) is 5.75 Å². The number of imidazole rings is 1. The molecule has 0 fully saturated rings. The van der Waals surface area contributed by atoms with Crippen LogP contribution in [0.25, 0.3) is 16.9 Å². The summed E-state index contributed by atoms with van der Waals surface area (Å²) in [5, 5.41) is 10.9. The molecule has 0 radical (unpaired) electrons. The third kappa shape index (κ3) is 4.90. The van der Waals surface area contributed by atoms with Crippen molar-refractivity contribution in [1.82, 2.24) is 9.38 Å². The van der Waals surface area contributed by atoms with Gasteiger partial charge in [0.1, 0.15) is 11.4 Å². The van der Waals surface area contributed by atoms with E-state index in [2.05, 4.69) is 4.98 Å². The number of esters is 1. The molecule has 2 aromatic heterocycles. The topological polar surface area (TPSA) is 96.0 Å². The van der Waals surface area contributed by atoms with E-state index < -0.39 is 11.0 Å². The fourth-order valence-corrected chi connectivity index (χ4v) is 2.74. The second-order valence-electron chi connectivity index (χ2n) is 7.10. The first kappa shape index (κ1) is 20.3. The van der Waals surface area contributed by atoms with Gasteiger partial charge in [-0.15, -0.1) is 0 Å². The summed E-state index contributed by atoms with van der Waals surface area (Å²) in [7, 11) is 0. The van der Waals surface area contributed by atoms with Crippen LogP contribution in [0.2, 0.25) is 0 Å². The van der Waals surface area contributed by atoms with Crippen molar-refractivity contribution in [1.29, 1.82) is 0 Å². The first-order valence-corrected chi connectivity index (χ1v) is 9.44. The number of nitrogens with zero attached hydrogens (tertiary/aromatic N) is 3. The van der Waals surface area contributed by atoms with Gasteiger partial charge in [-0.3, -0.25) is 14.5 Å². The highest BCUT2D eigenvalue weighted by Crippen LogP contribution is 2.24. The van der Waals surface area contributed by atoms with E-state index in [0.29, 0.717) is 30.1 Å². The Morgan fingerprint density at radius 2 is 1.90 bits per heavy atom. The van der Waals surface area contributed by atoms with Crippen LogP contribution in [0.15, 0.2) is 48.8 Å². The Bertz CT molecular complexity index is 1010. The number of hydrogen-bond donors (Lipinski definition) is 0. The van der Waals surface area contributed by atoms with Crippen LogP contribution < -0.4 is 4.74 Å². The maximum absolute atomic E-state index is 12.1. The monoisotopic (exact) mass is 397 g/mol. The molecule has 0 aliphatic carbocycles. The molecule has 0 saturated heterocycles. The lowest BCUT2D eigenvalue weighted by Crippen LogP contribution is -2.29. The number of nitro groups is 1. The highest BCUT2D eigenvalue weighted by Gasteiger charge is 2.20. The van der Waals surface area contributed by atoms with Gasteiger partial charge < -0.3 is 9.47 Å². The van der Waals surface area contributed by atoms with E-state index in [0.717, 1.165) is 5.56 Å². The van der Waals surface area contributed by atoms with Crippen LogP contribution in [0.4, 0.5) is 5.69 Å². The van der Waals surface area contributed by atoms with Crippen molar-refractivity contribution in [3.63, 3.8) is 0 Å². The molecule has 152 valence electrons. The van der Waals surface area contributed by atoms with Gasteiger partial charge in [-0.1, -0.05) is 20.8 Å². The Labute approximate surface area is 168 Å². The molecule has 1 unspecified atom stereocenters. The highest BCUT2D eigenvalue weighted by molar-refractivity contribution is 5.75. The lowest BCUT2D eigenvalue weighted by molar-refractivity contribution is -0.385. The summed E-state index contributed by atoms with van der Waals surface area (Å²) in [5.41, 5.74) is 2.13. The van der Waals surface area contributed by atoms with Gasteiger partial charge in [-0.25, -0.2) is 9.78 Å². The Morgan fingerprint density at radius 3 is 2.52 bits per heavy atom. The van der Waals surface area contributed by atoms with E-state index in [1.54, 1.807) is 28.8 Å². The van der Waals surface area contributed by atoms with E-state index in [1.807, 2.05) is 32.9 Å². The van der Waals surface area contributed by atoms with E-state index in [-0.39, 0.29) is 17.6 Å². The number of benzene rings is 1. The number of fused-ring (bicyclic) bond motifs is 1. The number of hydrogen-bond acceptors (Lipinski definition) is 6. The normalized spacial score (nSPS) is 12.1. The molecule has 1 aromatic carbocycles. The minimum atomic E-state index is -0.657. The third-order valence-electron chi connectivity index (χ3n) is 4.27. The van der Waals surface area contributed by atoms with Gasteiger partial charge in [0.05, 0.1) is 23.4 Å². The van der Waals surface area contributed by atoms with Crippen molar-refractivity contribution in [2.24, 2.45) is 5.92 Å². The zero-order valence-corrected chi connectivity index (χ0v) is 16.6. The standard InChI is InChI=1S/C21H23N3O5/c1-4-19(21(25)28-13-14(2)3)29-17-8-5-15(6-9-17)18-12-23-11-16(24(26)27)7-10-20(23)22-18/h5-12,14,19H,4,13H2,1-3H3. The van der Waals surface area contributed by atoms with Crippen molar-refractivity contribution < 1.29 is 19.2 Å². The summed E-state index contributed by atoms with van der Waals surface area (Å²) in [5.74, 6) is 0.455. The maximum Gasteiger partial charge on any atom is 0.347 e. The summed E-state index contributed by atoms with van der Waals surface area (Å²) < 4.78 is 12.7. The number of carbonyl (C=O) groups is 1. The molecule has 0 saturated carbocycles. The fraction of sp³-hybridized carbons (Fsp3) is 0.333. The molecule has 3 rings (SSSR count). The molecule has 1 atom stereocenters. The number of pyridine rings is 1. The number of ether oxygens (including phenoxy) is 2. The van der Waals surface area contributed by atoms with E-state index in [9.17, 15) is 14.9 Å². The highest BCUT2D eigenvalue weighted by atomic mass is 16.6. The summed E-state index contributed by atoms with van der Waals surface area (Å²) in [6, 6.07) is 10.2. The van der Waals surface area contributed by atoms with Crippen molar-refractivity contribution in [3.8, 4) is 17.0 Å². The summed E-state index contributed by atoms with van der Waals surface area (Å²) in [4.78, 5) is 27.1. The van der Waals surface area contributed by atoms with Gasteiger partial charge in [-0.05, 0) is 42.7 Å². The second-order valence-corrected chi connectivity index (χ2v) is 7.10. The van der Waals surface area contributed by atoms with Crippen LogP contribution in [-0.2, 0) is 9.53 Å². The van der Waals surface area contributed by atoms with Crippen molar-refractivity contribution in [3.05, 3.63) is 58.9 Å². The van der Waals surface area contributed by atoms with Gasteiger partial charge in [-0.2, -0.15) is 0 Å². The quantitative estimate of drug-likeness (QED) is 0.320. The first-order valence-electron chi connectivity index (χ1n) is 9.44. The van der Waals surface area contributed by atoms with Gasteiger partial charge in [0.2, 0.25) is 0 Å². The Morgan fingerprint density at radius 1 is 1.17 bits per heavy atom. The minimum Gasteiger partial charge on any atom is -0.479 e. The lowest BCUT2D eigenvalue weighted by Gasteiger charge is -2.17. The largest absolute Gasteiger partial charge is 0.479 e. The van der Waals surface area contributed by atoms with Crippen LogP contribution in [0.1, 0.15) is 27.2 Å². The van der Waals surface area contributed by atoms with Crippen molar-refractivity contribution in [2.75, 3.05) is 6.61 Å². The zero-order valence-electron chi connectivity index (χ0n) is 16.6. The number of rotatable bonds is 8. The maximum atomic E-state index is 12.1. The Hall–Kier alpha value is -3.42. The zero-order chi connectivity index (χ0) is 21.0. The average molecular weight is 397 g/mol. The van der Waals surface area contributed by atoms with Crippen LogP contribution in [0, 0.1) is 16.0 Å². The third-order valence-corrected chi connectivity index (χ3v) is 4.27. The molecule has 0 aliphatic heterocycles. The Balaban J connectivity index is 1.73. The minimum absolute atomic E-state index is 0.000146. The first-order chi connectivity index (χ1) is 13.9. The molecule has 8 heteroatoms. The van der Waals surface area contributed by atoms with Crippen LogP contribution >= 0.6 is 0 Å². The fourth-order valence-electron chi connectivity index (χ4n) is 2.74. The molecule has 2 heterocycles. The SMILES string of the molecule is CCC(Oc1ccc(-c2cn3cc([N+](=O)[O-])ccc3n2)cc1)C(=O)OCC(C)C. The van der Waals surface area contributed by atoms with Gasteiger partial charge in [0.25, 0.3) is 5.69 Å². The van der Waals surface area contributed by atoms with E-state index >= 15 is 0 Å². The molecule has 0 aliphatic rings.